The van der Waals surface area contributed by atoms with Crippen molar-refractivity contribution < 1.29 is 14.1 Å². The van der Waals surface area contributed by atoms with Crippen molar-refractivity contribution in [3.05, 3.63) is 35.7 Å². The van der Waals surface area contributed by atoms with E-state index >= 15 is 0 Å². The first kappa shape index (κ1) is 17.2. The molecule has 2 aromatic rings. The summed E-state index contributed by atoms with van der Waals surface area (Å²) in [6.07, 6.45) is 2.26. The molecule has 1 saturated heterocycles. The Hall–Kier alpha value is -2.25. The molecule has 1 atom stereocenters. The van der Waals surface area contributed by atoms with Gasteiger partial charge in [0.25, 0.3) is 5.91 Å². The fraction of sp³-hybridized carbons (Fsp3) is 0.526. The van der Waals surface area contributed by atoms with E-state index in [9.17, 15) is 4.79 Å². The van der Waals surface area contributed by atoms with Gasteiger partial charge in [-0.1, -0.05) is 17.3 Å². The van der Waals surface area contributed by atoms with Gasteiger partial charge in [0, 0.05) is 42.6 Å². The Labute approximate surface area is 152 Å². The monoisotopic (exact) mass is 356 g/mol. The van der Waals surface area contributed by atoms with E-state index in [2.05, 4.69) is 27.4 Å². The highest BCUT2D eigenvalue weighted by Crippen LogP contribution is 2.39. The van der Waals surface area contributed by atoms with Crippen LogP contribution in [0, 0.1) is 5.92 Å². The number of aromatic nitrogens is 2. The first-order chi connectivity index (χ1) is 12.7. The Balaban J connectivity index is 1.34. The largest absolute Gasteiger partial charge is 0.380 e. The molecule has 1 aromatic carbocycles. The molecule has 1 aliphatic carbocycles. The number of carbonyl (C=O) groups excluding carboxylic acids is 1. The summed E-state index contributed by atoms with van der Waals surface area (Å²) in [6.45, 7) is 3.91. The molecule has 0 bridgehead atoms. The molecule has 138 valence electrons. The number of rotatable bonds is 5. The number of nitrogens with zero attached hydrogens (tertiary/aromatic N) is 3. The molecule has 0 spiro atoms. The van der Waals surface area contributed by atoms with Crippen LogP contribution < -0.4 is 5.32 Å². The summed E-state index contributed by atoms with van der Waals surface area (Å²) in [5, 5.41) is 7.04. The van der Waals surface area contributed by atoms with Crippen LogP contribution in [0.25, 0.3) is 11.4 Å². The number of nitrogens with one attached hydrogen (secondary N) is 1. The van der Waals surface area contributed by atoms with Crippen molar-refractivity contribution in [2.75, 3.05) is 39.9 Å². The Bertz CT molecular complexity index is 754. The van der Waals surface area contributed by atoms with Crippen LogP contribution in [-0.4, -0.2) is 60.8 Å². The van der Waals surface area contributed by atoms with E-state index in [1.54, 1.807) is 12.1 Å². The second kappa shape index (κ2) is 7.55. The Morgan fingerprint density at radius 2 is 2.12 bits per heavy atom. The van der Waals surface area contributed by atoms with Gasteiger partial charge >= 0.3 is 0 Å². The summed E-state index contributed by atoms with van der Waals surface area (Å²) in [7, 11) is 2.08. The smallest absolute Gasteiger partial charge is 0.251 e. The van der Waals surface area contributed by atoms with Crippen LogP contribution in [0.4, 0.5) is 0 Å². The molecule has 1 aliphatic heterocycles. The average molecular weight is 356 g/mol. The maximum atomic E-state index is 12.4. The van der Waals surface area contributed by atoms with Gasteiger partial charge in [0.2, 0.25) is 11.7 Å². The zero-order valence-corrected chi connectivity index (χ0v) is 15.0. The van der Waals surface area contributed by atoms with Gasteiger partial charge < -0.3 is 19.5 Å². The van der Waals surface area contributed by atoms with Crippen LogP contribution in [0.15, 0.2) is 28.8 Å². The van der Waals surface area contributed by atoms with Crippen molar-refractivity contribution in [1.82, 2.24) is 20.4 Å². The summed E-state index contributed by atoms with van der Waals surface area (Å²) < 4.78 is 10.9. The average Bonchev–Trinajstić information content (AvgIpc) is 3.43. The van der Waals surface area contributed by atoms with Gasteiger partial charge in [0.05, 0.1) is 13.2 Å². The van der Waals surface area contributed by atoms with Gasteiger partial charge in [-0.3, -0.25) is 4.79 Å². The minimum atomic E-state index is -0.0739. The Kier molecular flexibility index (Phi) is 4.99. The van der Waals surface area contributed by atoms with Gasteiger partial charge in [-0.05, 0) is 32.0 Å². The molecule has 4 rings (SSSR count). The number of hydrogen-bond acceptors (Lipinski definition) is 6. The number of likely N-dealkylation sites (N-methyl/N-ethyl adjacent to an activating group) is 1. The molecule has 2 aliphatic rings. The van der Waals surface area contributed by atoms with Gasteiger partial charge in [0.1, 0.15) is 0 Å². The second-order valence-corrected chi connectivity index (χ2v) is 7.22. The number of carbonyl (C=O) groups is 1. The molecule has 0 unspecified atom stereocenters. The van der Waals surface area contributed by atoms with Gasteiger partial charge in [-0.25, -0.2) is 0 Å². The summed E-state index contributed by atoms with van der Waals surface area (Å²) in [5.41, 5.74) is 1.48. The van der Waals surface area contributed by atoms with Crippen molar-refractivity contribution in [2.24, 2.45) is 5.92 Å². The molecule has 7 nitrogen and oxygen atoms in total. The molecule has 7 heteroatoms. The highest BCUT2D eigenvalue weighted by Gasteiger charge is 2.29. The number of benzene rings is 1. The van der Waals surface area contributed by atoms with Crippen molar-refractivity contribution in [3.8, 4) is 11.4 Å². The molecule has 2 heterocycles. The molecule has 1 aromatic heterocycles. The quantitative estimate of drug-likeness (QED) is 0.882. The summed E-state index contributed by atoms with van der Waals surface area (Å²) in [4.78, 5) is 19.1. The molecule has 26 heavy (non-hydrogen) atoms. The zero-order chi connectivity index (χ0) is 17.9. The third kappa shape index (κ3) is 4.11. The summed E-state index contributed by atoms with van der Waals surface area (Å²) >= 11 is 0. The third-order valence-electron chi connectivity index (χ3n) is 4.87. The van der Waals surface area contributed by atoms with Gasteiger partial charge in [0.15, 0.2) is 0 Å². The van der Waals surface area contributed by atoms with E-state index in [4.69, 9.17) is 9.26 Å². The van der Waals surface area contributed by atoms with Crippen LogP contribution in [0.1, 0.15) is 35.0 Å². The maximum absolute atomic E-state index is 12.4. The SMILES string of the molecule is CN1CCOC[C@H](CNC(=O)c2ccc(-c3noc(C4CC4)n3)cc2)C1. The molecular weight excluding hydrogens is 332 g/mol. The van der Waals surface area contributed by atoms with E-state index in [1.807, 2.05) is 12.1 Å². The highest BCUT2D eigenvalue weighted by molar-refractivity contribution is 5.94. The predicted molar refractivity (Wildman–Crippen MR) is 95.8 cm³/mol. The molecule has 2 fully saturated rings. The molecule has 0 radical (unpaired) electrons. The Morgan fingerprint density at radius 3 is 2.88 bits per heavy atom. The third-order valence-corrected chi connectivity index (χ3v) is 4.87. The number of amides is 1. The van der Waals surface area contributed by atoms with Crippen LogP contribution >= 0.6 is 0 Å². The topological polar surface area (TPSA) is 80.5 Å². The highest BCUT2D eigenvalue weighted by atomic mass is 16.5. The lowest BCUT2D eigenvalue weighted by Gasteiger charge is -2.19. The first-order valence-electron chi connectivity index (χ1n) is 9.17. The Morgan fingerprint density at radius 1 is 1.31 bits per heavy atom. The van der Waals surface area contributed by atoms with Gasteiger partial charge in [-0.15, -0.1) is 0 Å². The fourth-order valence-corrected chi connectivity index (χ4v) is 3.14. The summed E-state index contributed by atoms with van der Waals surface area (Å²) in [5.74, 6) is 1.98. The van der Waals surface area contributed by atoms with Crippen molar-refractivity contribution in [3.63, 3.8) is 0 Å². The van der Waals surface area contributed by atoms with E-state index in [0.717, 1.165) is 44.0 Å². The standard InChI is InChI=1S/C19H24N4O3/c1-23-8-9-25-12-13(11-23)10-20-18(24)15-4-2-14(3-5-15)17-21-19(26-22-17)16-6-7-16/h2-5,13,16H,6-12H2,1H3,(H,20,24)/t13-/m1/s1. The predicted octanol–water partition coefficient (Wildman–Crippen LogP) is 1.92. The molecule has 1 amide bonds. The van der Waals surface area contributed by atoms with E-state index < -0.39 is 0 Å². The summed E-state index contributed by atoms with van der Waals surface area (Å²) in [6, 6.07) is 7.32. The first-order valence-corrected chi connectivity index (χ1v) is 9.17. The fourth-order valence-electron chi connectivity index (χ4n) is 3.14. The van der Waals surface area contributed by atoms with Crippen LogP contribution in [0.3, 0.4) is 0 Å². The van der Waals surface area contributed by atoms with Gasteiger partial charge in [-0.2, -0.15) is 4.98 Å². The molecular formula is C19H24N4O3. The molecule has 1 N–H and O–H groups in total. The zero-order valence-electron chi connectivity index (χ0n) is 15.0. The number of hydrogen-bond donors (Lipinski definition) is 1. The lowest BCUT2D eigenvalue weighted by Crippen LogP contribution is -2.35. The molecule has 1 saturated carbocycles. The van der Waals surface area contributed by atoms with Crippen molar-refractivity contribution in [2.45, 2.75) is 18.8 Å². The lowest BCUT2D eigenvalue weighted by atomic mass is 10.1. The van der Waals surface area contributed by atoms with Crippen molar-refractivity contribution >= 4 is 5.91 Å². The maximum Gasteiger partial charge on any atom is 0.251 e. The normalized spacial score (nSPS) is 21.3. The van der Waals surface area contributed by atoms with E-state index in [-0.39, 0.29) is 5.91 Å². The minimum Gasteiger partial charge on any atom is -0.380 e. The second-order valence-electron chi connectivity index (χ2n) is 7.22. The lowest BCUT2D eigenvalue weighted by molar-refractivity contribution is 0.0921. The van der Waals surface area contributed by atoms with E-state index in [0.29, 0.717) is 36.4 Å². The van der Waals surface area contributed by atoms with Crippen LogP contribution in [0.5, 0.6) is 0 Å². The number of ether oxygens (including phenoxy) is 1. The van der Waals surface area contributed by atoms with E-state index in [1.165, 1.54) is 0 Å². The van der Waals surface area contributed by atoms with Crippen molar-refractivity contribution in [1.29, 1.82) is 0 Å². The van der Waals surface area contributed by atoms with Crippen LogP contribution in [0.2, 0.25) is 0 Å². The van der Waals surface area contributed by atoms with Crippen LogP contribution in [-0.2, 0) is 4.74 Å². The minimum absolute atomic E-state index is 0.0739.